The van der Waals surface area contributed by atoms with Gasteiger partial charge in [-0.05, 0) is 12.8 Å². The van der Waals surface area contributed by atoms with Gasteiger partial charge in [-0.15, -0.1) is 24.0 Å². The molecule has 0 saturated carbocycles. The van der Waals surface area contributed by atoms with E-state index in [1.165, 1.54) is 0 Å². The first-order chi connectivity index (χ1) is 7.13. The van der Waals surface area contributed by atoms with Crippen LogP contribution in [0, 0.1) is 5.92 Å². The molecule has 0 fully saturated rings. The third-order valence-corrected chi connectivity index (χ3v) is 2.49. The lowest BCUT2D eigenvalue weighted by molar-refractivity contribution is 0.179. The number of methoxy groups -OCH3 is 1. The van der Waals surface area contributed by atoms with Crippen LogP contribution in [-0.2, 0) is 4.74 Å². The molecule has 0 aromatic heterocycles. The summed E-state index contributed by atoms with van der Waals surface area (Å²) in [6, 6.07) is 0.209. The Morgan fingerprint density at radius 1 is 1.38 bits per heavy atom. The second kappa shape index (κ2) is 11.4. The molecule has 3 N–H and O–H groups in total. The highest BCUT2D eigenvalue weighted by Crippen LogP contribution is 2.06. The van der Waals surface area contributed by atoms with Crippen molar-refractivity contribution in [1.82, 2.24) is 5.32 Å². The number of nitrogens with two attached hydrogens (primary N) is 1. The van der Waals surface area contributed by atoms with Crippen molar-refractivity contribution in [1.29, 1.82) is 0 Å². The van der Waals surface area contributed by atoms with E-state index < -0.39 is 0 Å². The summed E-state index contributed by atoms with van der Waals surface area (Å²) < 4.78 is 5.00. The number of halogens is 1. The molecule has 0 rings (SSSR count). The predicted molar refractivity (Wildman–Crippen MR) is 80.5 cm³/mol. The van der Waals surface area contributed by atoms with Gasteiger partial charge in [0.1, 0.15) is 0 Å². The third-order valence-electron chi connectivity index (χ3n) is 2.49. The summed E-state index contributed by atoms with van der Waals surface area (Å²) in [5.74, 6) is 1.16. The molecule has 0 aromatic rings. The Labute approximate surface area is 116 Å². The predicted octanol–water partition coefficient (Wildman–Crippen LogP) is 1.98. The van der Waals surface area contributed by atoms with Gasteiger partial charge in [0.2, 0.25) is 0 Å². The van der Waals surface area contributed by atoms with Gasteiger partial charge in [-0.3, -0.25) is 4.99 Å². The van der Waals surface area contributed by atoms with Crippen LogP contribution in [0.1, 0.15) is 33.6 Å². The molecule has 0 aromatic carbocycles. The summed E-state index contributed by atoms with van der Waals surface area (Å²) in [6.45, 7) is 7.83. The molecule has 4 nitrogen and oxygen atoms in total. The van der Waals surface area contributed by atoms with Gasteiger partial charge in [-0.2, -0.15) is 0 Å². The van der Waals surface area contributed by atoms with Crippen molar-refractivity contribution < 1.29 is 4.74 Å². The fraction of sp³-hybridized carbons (Fsp3) is 0.909. The van der Waals surface area contributed by atoms with Gasteiger partial charge < -0.3 is 15.8 Å². The topological polar surface area (TPSA) is 59.6 Å². The van der Waals surface area contributed by atoms with Crippen LogP contribution in [0.4, 0.5) is 0 Å². The number of nitrogens with one attached hydrogen (secondary N) is 1. The lowest BCUT2D eigenvalue weighted by Crippen LogP contribution is -2.40. The summed E-state index contributed by atoms with van der Waals surface area (Å²) in [5, 5.41) is 3.09. The van der Waals surface area contributed by atoms with E-state index in [1.54, 1.807) is 7.11 Å². The number of guanidine groups is 1. The summed E-state index contributed by atoms with van der Waals surface area (Å²) >= 11 is 0. The summed E-state index contributed by atoms with van der Waals surface area (Å²) in [5.41, 5.74) is 5.75. The van der Waals surface area contributed by atoms with E-state index in [1.807, 2.05) is 6.92 Å². The molecule has 1 unspecified atom stereocenters. The quantitative estimate of drug-likeness (QED) is 0.422. The second-order valence-electron chi connectivity index (χ2n) is 3.91. The average Bonchev–Trinajstić information content (AvgIpc) is 2.19. The standard InChI is InChI=1S/C11H25N3O.HI/c1-5-10(6-2)7-13-11(12)14-9(3)8-15-4;/h9-10H,5-8H2,1-4H3,(H3,12,13,14);1H. The SMILES string of the molecule is CCC(CC)CN=C(N)NC(C)COC.I. The molecule has 0 bridgehead atoms. The Kier molecular flexibility index (Phi) is 13.1. The Balaban J connectivity index is 0. The van der Waals surface area contributed by atoms with E-state index in [0.717, 1.165) is 19.4 Å². The van der Waals surface area contributed by atoms with E-state index in [2.05, 4.69) is 24.2 Å². The zero-order valence-corrected chi connectivity index (χ0v) is 13.2. The van der Waals surface area contributed by atoms with Gasteiger partial charge in [-0.25, -0.2) is 0 Å². The van der Waals surface area contributed by atoms with Crippen LogP contribution in [0.25, 0.3) is 0 Å². The Morgan fingerprint density at radius 3 is 2.38 bits per heavy atom. The molecule has 0 aliphatic rings. The zero-order valence-electron chi connectivity index (χ0n) is 10.8. The number of aliphatic imine (C=N–C) groups is 1. The molecule has 0 heterocycles. The van der Waals surface area contributed by atoms with E-state index in [-0.39, 0.29) is 30.0 Å². The van der Waals surface area contributed by atoms with Gasteiger partial charge in [0.15, 0.2) is 5.96 Å². The van der Waals surface area contributed by atoms with Crippen LogP contribution in [0.15, 0.2) is 4.99 Å². The maximum absolute atomic E-state index is 5.75. The fourth-order valence-corrected chi connectivity index (χ4v) is 1.36. The number of hydrogen-bond acceptors (Lipinski definition) is 2. The van der Waals surface area contributed by atoms with Crippen molar-refractivity contribution >= 4 is 29.9 Å². The molecule has 0 aliphatic heterocycles. The van der Waals surface area contributed by atoms with Gasteiger partial charge in [0.25, 0.3) is 0 Å². The van der Waals surface area contributed by atoms with Crippen molar-refractivity contribution in [2.24, 2.45) is 16.6 Å². The van der Waals surface area contributed by atoms with Crippen molar-refractivity contribution in [3.8, 4) is 0 Å². The van der Waals surface area contributed by atoms with E-state index in [4.69, 9.17) is 10.5 Å². The van der Waals surface area contributed by atoms with Gasteiger partial charge in [-0.1, -0.05) is 26.7 Å². The van der Waals surface area contributed by atoms with Crippen LogP contribution in [0.5, 0.6) is 0 Å². The zero-order chi connectivity index (χ0) is 11.7. The molecule has 0 aliphatic carbocycles. The molecule has 0 amide bonds. The number of rotatable bonds is 7. The van der Waals surface area contributed by atoms with Crippen molar-refractivity contribution in [2.75, 3.05) is 20.3 Å². The summed E-state index contributed by atoms with van der Waals surface area (Å²) in [4.78, 5) is 4.32. The lowest BCUT2D eigenvalue weighted by Gasteiger charge is -2.14. The van der Waals surface area contributed by atoms with E-state index in [0.29, 0.717) is 18.5 Å². The second-order valence-corrected chi connectivity index (χ2v) is 3.91. The first-order valence-electron chi connectivity index (χ1n) is 5.69. The highest BCUT2D eigenvalue weighted by molar-refractivity contribution is 14.0. The van der Waals surface area contributed by atoms with E-state index in [9.17, 15) is 0 Å². The van der Waals surface area contributed by atoms with Crippen molar-refractivity contribution in [3.63, 3.8) is 0 Å². The molecule has 0 spiro atoms. The first kappa shape index (κ1) is 18.3. The normalized spacial score (nSPS) is 13.4. The largest absolute Gasteiger partial charge is 0.383 e. The van der Waals surface area contributed by atoms with Crippen molar-refractivity contribution in [3.05, 3.63) is 0 Å². The highest BCUT2D eigenvalue weighted by Gasteiger charge is 2.04. The molecule has 1 atom stereocenters. The van der Waals surface area contributed by atoms with Gasteiger partial charge in [0, 0.05) is 19.7 Å². The molecule has 5 heteroatoms. The summed E-state index contributed by atoms with van der Waals surface area (Å²) in [7, 11) is 1.68. The minimum absolute atomic E-state index is 0. The van der Waals surface area contributed by atoms with Crippen LogP contribution in [0.2, 0.25) is 0 Å². The summed E-state index contributed by atoms with van der Waals surface area (Å²) in [6.07, 6.45) is 2.31. The fourth-order valence-electron chi connectivity index (χ4n) is 1.36. The minimum Gasteiger partial charge on any atom is -0.383 e. The number of nitrogens with zero attached hydrogens (tertiary/aromatic N) is 1. The van der Waals surface area contributed by atoms with Crippen molar-refractivity contribution in [2.45, 2.75) is 39.7 Å². The third kappa shape index (κ3) is 9.21. The van der Waals surface area contributed by atoms with Crippen LogP contribution >= 0.6 is 24.0 Å². The molecule has 16 heavy (non-hydrogen) atoms. The molecular weight excluding hydrogens is 317 g/mol. The molecule has 0 saturated heterocycles. The number of hydrogen-bond donors (Lipinski definition) is 2. The van der Waals surface area contributed by atoms with Crippen LogP contribution in [-0.4, -0.2) is 32.3 Å². The van der Waals surface area contributed by atoms with Gasteiger partial charge in [0.05, 0.1) is 6.61 Å². The Hall–Kier alpha value is -0.0400. The monoisotopic (exact) mass is 343 g/mol. The lowest BCUT2D eigenvalue weighted by atomic mass is 10.0. The minimum atomic E-state index is 0. The van der Waals surface area contributed by atoms with Crippen LogP contribution in [0.3, 0.4) is 0 Å². The Bertz CT molecular complexity index is 184. The molecular formula is C11H26IN3O. The first-order valence-corrected chi connectivity index (χ1v) is 5.69. The average molecular weight is 343 g/mol. The smallest absolute Gasteiger partial charge is 0.188 e. The molecule has 98 valence electrons. The maximum Gasteiger partial charge on any atom is 0.188 e. The maximum atomic E-state index is 5.75. The van der Waals surface area contributed by atoms with Crippen LogP contribution < -0.4 is 11.1 Å². The highest BCUT2D eigenvalue weighted by atomic mass is 127. The van der Waals surface area contributed by atoms with Gasteiger partial charge >= 0.3 is 0 Å². The number of ether oxygens (including phenoxy) is 1. The Morgan fingerprint density at radius 2 is 1.94 bits per heavy atom. The van der Waals surface area contributed by atoms with E-state index >= 15 is 0 Å². The molecule has 0 radical (unpaired) electrons.